The smallest absolute Gasteiger partial charge is 0.326 e. The second-order valence-corrected chi connectivity index (χ2v) is 4.69. The van der Waals surface area contributed by atoms with Crippen molar-refractivity contribution in [2.75, 3.05) is 7.11 Å². The molecule has 0 aromatic heterocycles. The van der Waals surface area contributed by atoms with Crippen molar-refractivity contribution in [3.05, 3.63) is 0 Å². The topological polar surface area (TPSA) is 105 Å². The molecule has 20 heavy (non-hydrogen) atoms. The van der Waals surface area contributed by atoms with Gasteiger partial charge in [0.2, 0.25) is 0 Å². The molecule has 0 aliphatic carbocycles. The highest BCUT2D eigenvalue weighted by molar-refractivity contribution is 5.86. The normalized spacial score (nSPS) is 13.2. The van der Waals surface area contributed by atoms with Gasteiger partial charge in [-0.05, 0) is 13.3 Å². The minimum Gasteiger partial charge on any atom is -0.480 e. The van der Waals surface area contributed by atoms with E-state index < -0.39 is 30.4 Å². The first-order valence-corrected chi connectivity index (χ1v) is 6.77. The van der Waals surface area contributed by atoms with Crippen LogP contribution in [-0.2, 0) is 14.3 Å². The molecule has 0 aliphatic heterocycles. The zero-order valence-electron chi connectivity index (χ0n) is 12.3. The SMILES string of the molecule is CCCCCC(C)NC(=O)N[C@@H](CC(=O)OC)C(=O)O. The number of urea groups is 1. The summed E-state index contributed by atoms with van der Waals surface area (Å²) in [6.45, 7) is 3.94. The molecule has 1 unspecified atom stereocenters. The summed E-state index contributed by atoms with van der Waals surface area (Å²) in [5.41, 5.74) is 0. The number of unbranched alkanes of at least 4 members (excludes halogenated alkanes) is 2. The Morgan fingerprint density at radius 1 is 1.20 bits per heavy atom. The number of amides is 2. The third-order valence-corrected chi connectivity index (χ3v) is 2.82. The molecular formula is C13H24N2O5. The van der Waals surface area contributed by atoms with Gasteiger partial charge >= 0.3 is 18.0 Å². The second-order valence-electron chi connectivity index (χ2n) is 4.69. The molecule has 0 rings (SSSR count). The minimum absolute atomic E-state index is 0.0471. The largest absolute Gasteiger partial charge is 0.480 e. The van der Waals surface area contributed by atoms with Gasteiger partial charge in [-0.25, -0.2) is 9.59 Å². The van der Waals surface area contributed by atoms with E-state index in [4.69, 9.17) is 5.11 Å². The number of carbonyl (C=O) groups excluding carboxylic acids is 2. The van der Waals surface area contributed by atoms with Crippen LogP contribution in [0.4, 0.5) is 4.79 Å². The number of aliphatic carboxylic acids is 1. The number of carbonyl (C=O) groups is 3. The molecule has 0 radical (unpaired) electrons. The number of nitrogens with one attached hydrogen (secondary N) is 2. The molecule has 2 amide bonds. The van der Waals surface area contributed by atoms with Crippen LogP contribution in [0.5, 0.6) is 0 Å². The monoisotopic (exact) mass is 288 g/mol. The molecular weight excluding hydrogens is 264 g/mol. The van der Waals surface area contributed by atoms with Crippen molar-refractivity contribution in [1.82, 2.24) is 10.6 Å². The van der Waals surface area contributed by atoms with Crippen molar-refractivity contribution in [3.63, 3.8) is 0 Å². The number of hydrogen-bond acceptors (Lipinski definition) is 4. The van der Waals surface area contributed by atoms with Gasteiger partial charge in [0, 0.05) is 6.04 Å². The first-order valence-electron chi connectivity index (χ1n) is 6.77. The third-order valence-electron chi connectivity index (χ3n) is 2.82. The Morgan fingerprint density at radius 2 is 1.85 bits per heavy atom. The Bertz CT molecular complexity index is 333. The average molecular weight is 288 g/mol. The summed E-state index contributed by atoms with van der Waals surface area (Å²) in [5, 5.41) is 13.8. The van der Waals surface area contributed by atoms with E-state index in [-0.39, 0.29) is 6.04 Å². The van der Waals surface area contributed by atoms with E-state index >= 15 is 0 Å². The van der Waals surface area contributed by atoms with Gasteiger partial charge in [0.1, 0.15) is 6.04 Å². The van der Waals surface area contributed by atoms with Crippen LogP contribution in [0.2, 0.25) is 0 Å². The lowest BCUT2D eigenvalue weighted by atomic mass is 10.1. The summed E-state index contributed by atoms with van der Waals surface area (Å²) in [6.07, 6.45) is 3.62. The first-order chi connectivity index (χ1) is 9.40. The fourth-order valence-electron chi connectivity index (χ4n) is 1.65. The van der Waals surface area contributed by atoms with Gasteiger partial charge in [-0.2, -0.15) is 0 Å². The zero-order valence-corrected chi connectivity index (χ0v) is 12.3. The van der Waals surface area contributed by atoms with Gasteiger partial charge in [-0.3, -0.25) is 4.79 Å². The molecule has 0 spiro atoms. The van der Waals surface area contributed by atoms with Crippen molar-refractivity contribution < 1.29 is 24.2 Å². The maximum absolute atomic E-state index is 11.6. The molecule has 0 saturated carbocycles. The lowest BCUT2D eigenvalue weighted by Crippen LogP contribution is -2.49. The van der Waals surface area contributed by atoms with Crippen molar-refractivity contribution in [2.24, 2.45) is 0 Å². The number of methoxy groups -OCH3 is 1. The number of ether oxygens (including phenoxy) is 1. The standard InChI is InChI=1S/C13H24N2O5/c1-4-5-6-7-9(2)14-13(19)15-10(12(17)18)8-11(16)20-3/h9-10H,4-8H2,1-3H3,(H,17,18)(H2,14,15,19)/t9?,10-/m0/s1. The van der Waals surface area contributed by atoms with Crippen LogP contribution in [0.1, 0.15) is 46.0 Å². The maximum Gasteiger partial charge on any atom is 0.326 e. The van der Waals surface area contributed by atoms with E-state index in [9.17, 15) is 14.4 Å². The minimum atomic E-state index is -1.29. The summed E-state index contributed by atoms with van der Waals surface area (Å²) in [5.74, 6) is -1.96. The number of rotatable bonds is 9. The Kier molecular flexibility index (Phi) is 9.15. The van der Waals surface area contributed by atoms with E-state index in [1.165, 1.54) is 0 Å². The van der Waals surface area contributed by atoms with Crippen LogP contribution in [0, 0.1) is 0 Å². The molecule has 3 N–H and O–H groups in total. The summed E-state index contributed by atoms with van der Waals surface area (Å²) < 4.78 is 4.39. The van der Waals surface area contributed by atoms with Gasteiger partial charge in [0.15, 0.2) is 0 Å². The van der Waals surface area contributed by atoms with Gasteiger partial charge in [0.25, 0.3) is 0 Å². The Labute approximate surface area is 119 Å². The van der Waals surface area contributed by atoms with Crippen LogP contribution < -0.4 is 10.6 Å². The highest BCUT2D eigenvalue weighted by Gasteiger charge is 2.24. The third kappa shape index (κ3) is 8.34. The number of carboxylic acids is 1. The molecule has 116 valence electrons. The fraction of sp³-hybridized carbons (Fsp3) is 0.769. The second kappa shape index (κ2) is 10.1. The van der Waals surface area contributed by atoms with E-state index in [1.807, 2.05) is 6.92 Å². The van der Waals surface area contributed by atoms with Gasteiger partial charge in [0.05, 0.1) is 13.5 Å². The lowest BCUT2D eigenvalue weighted by molar-refractivity contribution is -0.147. The van der Waals surface area contributed by atoms with Gasteiger partial charge in [-0.1, -0.05) is 26.2 Å². The highest BCUT2D eigenvalue weighted by atomic mass is 16.5. The number of carboxylic acid groups (broad SMARTS) is 1. The summed E-state index contributed by atoms with van der Waals surface area (Å²) >= 11 is 0. The van der Waals surface area contributed by atoms with Gasteiger partial charge < -0.3 is 20.5 Å². The van der Waals surface area contributed by atoms with Gasteiger partial charge in [-0.15, -0.1) is 0 Å². The predicted molar refractivity (Wildman–Crippen MR) is 73.3 cm³/mol. The Morgan fingerprint density at radius 3 is 2.35 bits per heavy atom. The predicted octanol–water partition coefficient (Wildman–Crippen LogP) is 1.27. The quantitative estimate of drug-likeness (QED) is 0.438. The molecule has 7 nitrogen and oxygen atoms in total. The Hall–Kier alpha value is -1.79. The molecule has 0 saturated heterocycles. The fourth-order valence-corrected chi connectivity index (χ4v) is 1.65. The summed E-state index contributed by atoms with van der Waals surface area (Å²) in [7, 11) is 1.16. The maximum atomic E-state index is 11.6. The van der Waals surface area contributed by atoms with Crippen molar-refractivity contribution in [1.29, 1.82) is 0 Å². The van der Waals surface area contributed by atoms with Crippen LogP contribution in [0.15, 0.2) is 0 Å². The summed E-state index contributed by atoms with van der Waals surface area (Å²) in [4.78, 5) is 33.6. The van der Waals surface area contributed by atoms with Crippen LogP contribution in [0.3, 0.4) is 0 Å². The zero-order chi connectivity index (χ0) is 15.5. The van der Waals surface area contributed by atoms with Crippen LogP contribution >= 0.6 is 0 Å². The van der Waals surface area contributed by atoms with E-state index in [2.05, 4.69) is 22.3 Å². The first kappa shape index (κ1) is 18.2. The summed E-state index contributed by atoms with van der Waals surface area (Å²) in [6, 6.07) is -1.93. The van der Waals surface area contributed by atoms with Crippen molar-refractivity contribution >= 4 is 18.0 Å². The molecule has 0 aromatic rings. The van der Waals surface area contributed by atoms with E-state index in [1.54, 1.807) is 0 Å². The molecule has 0 fully saturated rings. The molecule has 0 aliphatic rings. The van der Waals surface area contributed by atoms with Crippen LogP contribution in [-0.4, -0.2) is 42.3 Å². The molecule has 0 aromatic carbocycles. The van der Waals surface area contributed by atoms with Crippen LogP contribution in [0.25, 0.3) is 0 Å². The number of hydrogen-bond donors (Lipinski definition) is 3. The van der Waals surface area contributed by atoms with E-state index in [0.29, 0.717) is 0 Å². The number of esters is 1. The molecule has 7 heteroatoms. The molecule has 0 heterocycles. The molecule has 2 atom stereocenters. The average Bonchev–Trinajstić information content (AvgIpc) is 2.37. The highest BCUT2D eigenvalue weighted by Crippen LogP contribution is 2.03. The van der Waals surface area contributed by atoms with Crippen molar-refractivity contribution in [3.8, 4) is 0 Å². The Balaban J connectivity index is 4.18. The molecule has 0 bridgehead atoms. The van der Waals surface area contributed by atoms with E-state index in [0.717, 1.165) is 32.8 Å². The van der Waals surface area contributed by atoms with Crippen molar-refractivity contribution in [2.45, 2.75) is 58.0 Å². The lowest BCUT2D eigenvalue weighted by Gasteiger charge is -2.17.